The summed E-state index contributed by atoms with van der Waals surface area (Å²) in [5.74, 6) is -1.83. The van der Waals surface area contributed by atoms with Crippen LogP contribution in [0.5, 0.6) is 0 Å². The minimum atomic E-state index is -0.790. The summed E-state index contributed by atoms with van der Waals surface area (Å²) in [5.41, 5.74) is 3.76. The zero-order chi connectivity index (χ0) is 23.1. The first-order valence-electron chi connectivity index (χ1n) is 10.3. The topological polar surface area (TPSA) is 99.5 Å². The number of nitrogens with one attached hydrogen (secondary N) is 1. The highest BCUT2D eigenvalue weighted by Gasteiger charge is 2.27. The Morgan fingerprint density at radius 2 is 1.77 bits per heavy atom. The molecule has 31 heavy (non-hydrogen) atoms. The molecule has 8 nitrogen and oxygen atoms in total. The van der Waals surface area contributed by atoms with Crippen molar-refractivity contribution in [2.75, 3.05) is 13.7 Å². The summed E-state index contributed by atoms with van der Waals surface area (Å²) in [5, 5.41) is 7.03. The van der Waals surface area contributed by atoms with E-state index in [4.69, 9.17) is 9.47 Å². The molecule has 0 aliphatic carbocycles. The maximum Gasteiger partial charge on any atom is 0.342 e. The molecule has 1 heterocycles. The summed E-state index contributed by atoms with van der Waals surface area (Å²) >= 11 is 0. The van der Waals surface area contributed by atoms with Gasteiger partial charge in [0.05, 0.1) is 25.0 Å². The van der Waals surface area contributed by atoms with Gasteiger partial charge in [-0.15, -0.1) is 0 Å². The lowest BCUT2D eigenvalue weighted by molar-refractivity contribution is -0.147. The molecule has 0 aliphatic rings. The lowest BCUT2D eigenvalue weighted by Gasteiger charge is -2.21. The number of hydrogen-bond donors (Lipinski definition) is 1. The molecule has 2 atom stereocenters. The van der Waals surface area contributed by atoms with Gasteiger partial charge in [-0.25, -0.2) is 9.59 Å². The molecule has 1 aromatic heterocycles. The maximum absolute atomic E-state index is 12.6. The highest BCUT2D eigenvalue weighted by molar-refractivity contribution is 5.94. The second-order valence-electron chi connectivity index (χ2n) is 7.72. The molecule has 168 valence electrons. The van der Waals surface area contributed by atoms with Crippen LogP contribution >= 0.6 is 0 Å². The highest BCUT2D eigenvalue weighted by Crippen LogP contribution is 2.16. The van der Waals surface area contributed by atoms with Gasteiger partial charge in [0.25, 0.3) is 5.91 Å². The van der Waals surface area contributed by atoms with Crippen molar-refractivity contribution in [1.82, 2.24) is 15.1 Å². The van der Waals surface area contributed by atoms with Gasteiger partial charge in [0.1, 0.15) is 11.6 Å². The van der Waals surface area contributed by atoms with Crippen molar-refractivity contribution in [2.45, 2.75) is 53.6 Å². The molecule has 0 bridgehead atoms. The zero-order valence-corrected chi connectivity index (χ0v) is 19.0. The van der Waals surface area contributed by atoms with Gasteiger partial charge in [0.2, 0.25) is 0 Å². The van der Waals surface area contributed by atoms with Crippen LogP contribution in [0, 0.1) is 26.7 Å². The number of nitrogens with zero attached hydrogens (tertiary/aromatic N) is 2. The quantitative estimate of drug-likeness (QED) is 0.616. The van der Waals surface area contributed by atoms with E-state index in [9.17, 15) is 14.4 Å². The largest absolute Gasteiger partial charge is 0.467 e. The fourth-order valence-electron chi connectivity index (χ4n) is 3.23. The summed E-state index contributed by atoms with van der Waals surface area (Å²) in [6, 6.07) is 7.29. The van der Waals surface area contributed by atoms with Gasteiger partial charge >= 0.3 is 11.9 Å². The van der Waals surface area contributed by atoms with Crippen molar-refractivity contribution >= 4 is 17.8 Å². The fraction of sp³-hybridized carbons (Fsp3) is 0.478. The van der Waals surface area contributed by atoms with E-state index < -0.39 is 30.5 Å². The number of hydrogen-bond acceptors (Lipinski definition) is 6. The van der Waals surface area contributed by atoms with Crippen LogP contribution in [0.15, 0.2) is 24.3 Å². The molecular formula is C23H31N3O5. The van der Waals surface area contributed by atoms with Gasteiger partial charge in [-0.3, -0.25) is 9.48 Å². The van der Waals surface area contributed by atoms with Crippen molar-refractivity contribution < 1.29 is 23.9 Å². The van der Waals surface area contributed by atoms with Gasteiger partial charge in [0.15, 0.2) is 6.61 Å². The van der Waals surface area contributed by atoms with E-state index in [1.807, 2.05) is 45.0 Å². The number of ether oxygens (including phenoxy) is 2. The van der Waals surface area contributed by atoms with Crippen molar-refractivity contribution in [2.24, 2.45) is 5.92 Å². The van der Waals surface area contributed by atoms with E-state index in [2.05, 4.69) is 10.4 Å². The van der Waals surface area contributed by atoms with E-state index in [1.54, 1.807) is 18.5 Å². The Bertz CT molecular complexity index is 933. The van der Waals surface area contributed by atoms with Crippen molar-refractivity contribution in [3.05, 3.63) is 52.3 Å². The third-order valence-corrected chi connectivity index (χ3v) is 5.36. The number of methoxy groups -OCH3 is 1. The molecule has 2 aromatic rings. The predicted molar refractivity (Wildman–Crippen MR) is 116 cm³/mol. The Morgan fingerprint density at radius 1 is 1.13 bits per heavy atom. The third kappa shape index (κ3) is 6.16. The lowest BCUT2D eigenvalue weighted by Crippen LogP contribution is -2.47. The fourth-order valence-corrected chi connectivity index (χ4v) is 3.23. The summed E-state index contributed by atoms with van der Waals surface area (Å²) in [6.45, 7) is 9.32. The maximum atomic E-state index is 12.6. The second-order valence-corrected chi connectivity index (χ2v) is 7.72. The van der Waals surface area contributed by atoms with E-state index in [0.717, 1.165) is 5.56 Å². The first kappa shape index (κ1) is 24.1. The normalized spacial score (nSPS) is 12.7. The Kier molecular flexibility index (Phi) is 8.36. The number of carbonyl (C=O) groups is 3. The van der Waals surface area contributed by atoms with Crippen molar-refractivity contribution in [3.8, 4) is 0 Å². The number of esters is 2. The Labute approximate surface area is 182 Å². The third-order valence-electron chi connectivity index (χ3n) is 5.36. The lowest BCUT2D eigenvalue weighted by atomic mass is 9.99. The monoisotopic (exact) mass is 429 g/mol. The first-order chi connectivity index (χ1) is 14.7. The van der Waals surface area contributed by atoms with Gasteiger partial charge in [-0.1, -0.05) is 50.1 Å². The second kappa shape index (κ2) is 10.7. The van der Waals surface area contributed by atoms with E-state index >= 15 is 0 Å². The predicted octanol–water partition coefficient (Wildman–Crippen LogP) is 2.72. The summed E-state index contributed by atoms with van der Waals surface area (Å²) in [6.07, 6.45) is 0.679. The van der Waals surface area contributed by atoms with E-state index in [-0.39, 0.29) is 5.92 Å². The molecule has 8 heteroatoms. The first-order valence-corrected chi connectivity index (χ1v) is 10.3. The molecule has 1 aromatic carbocycles. The average Bonchev–Trinajstić information content (AvgIpc) is 3.03. The number of carbonyl (C=O) groups excluding carboxylic acids is 3. The van der Waals surface area contributed by atoms with Gasteiger partial charge in [0, 0.05) is 0 Å². The molecule has 1 amide bonds. The average molecular weight is 430 g/mol. The molecule has 0 fully saturated rings. The summed E-state index contributed by atoms with van der Waals surface area (Å²) in [4.78, 5) is 36.8. The number of aromatic nitrogens is 2. The smallest absolute Gasteiger partial charge is 0.342 e. The Balaban J connectivity index is 2.03. The molecule has 0 unspecified atom stereocenters. The minimum absolute atomic E-state index is 0.114. The molecular weight excluding hydrogens is 398 g/mol. The van der Waals surface area contributed by atoms with Crippen molar-refractivity contribution in [1.29, 1.82) is 0 Å². The molecule has 0 saturated carbocycles. The molecule has 2 rings (SSSR count). The van der Waals surface area contributed by atoms with Crippen LogP contribution in [0.1, 0.15) is 53.1 Å². The Morgan fingerprint density at radius 3 is 2.35 bits per heavy atom. The van der Waals surface area contributed by atoms with Crippen LogP contribution < -0.4 is 5.32 Å². The number of aryl methyl sites for hydroxylation is 2. The van der Waals surface area contributed by atoms with Crippen LogP contribution in [0.2, 0.25) is 0 Å². The highest BCUT2D eigenvalue weighted by atomic mass is 16.5. The molecule has 0 saturated heterocycles. The van der Waals surface area contributed by atoms with Crippen molar-refractivity contribution in [3.63, 3.8) is 0 Å². The molecule has 0 spiro atoms. The minimum Gasteiger partial charge on any atom is -0.467 e. The van der Waals surface area contributed by atoms with Gasteiger partial charge in [-0.05, 0) is 32.3 Å². The Hall–Kier alpha value is -3.16. The zero-order valence-electron chi connectivity index (χ0n) is 19.0. The SMILES string of the molecule is CC[C@@H](C)[C@@H](NC(=O)COC(=O)c1c(C)nn(Cc2ccc(C)cc2)c1C)C(=O)OC. The summed E-state index contributed by atoms with van der Waals surface area (Å²) in [7, 11) is 1.27. The van der Waals surface area contributed by atoms with Gasteiger partial charge < -0.3 is 14.8 Å². The van der Waals surface area contributed by atoms with Gasteiger partial charge in [-0.2, -0.15) is 5.10 Å². The van der Waals surface area contributed by atoms with Crippen LogP contribution in [0.3, 0.4) is 0 Å². The number of rotatable bonds is 9. The molecule has 1 N–H and O–H groups in total. The van der Waals surface area contributed by atoms with Crippen LogP contribution in [-0.4, -0.2) is 47.4 Å². The summed E-state index contributed by atoms with van der Waals surface area (Å²) < 4.78 is 11.7. The molecule has 0 radical (unpaired) electrons. The number of benzene rings is 1. The van der Waals surface area contributed by atoms with E-state index in [0.29, 0.717) is 29.9 Å². The molecule has 0 aliphatic heterocycles. The number of amides is 1. The van der Waals surface area contributed by atoms with E-state index in [1.165, 1.54) is 12.7 Å². The standard InChI is InChI=1S/C23H31N3O5/c1-7-15(3)21(23(29)30-6)24-19(27)13-31-22(28)20-16(4)25-26(17(20)5)12-18-10-8-14(2)9-11-18/h8-11,15,21H,7,12-13H2,1-6H3,(H,24,27)/t15-,21-/m1/s1. The van der Waals surface area contributed by atoms with Crippen LogP contribution in [0.25, 0.3) is 0 Å². The van der Waals surface area contributed by atoms with Crippen LogP contribution in [-0.2, 0) is 25.6 Å². The van der Waals surface area contributed by atoms with Crippen LogP contribution in [0.4, 0.5) is 0 Å².